The highest BCUT2D eigenvalue weighted by molar-refractivity contribution is 5.71. The van der Waals surface area contributed by atoms with Gasteiger partial charge in [0.2, 0.25) is 0 Å². The van der Waals surface area contributed by atoms with Crippen molar-refractivity contribution < 1.29 is 24.9 Å². The topological polar surface area (TPSA) is 87.0 Å². The first-order valence-corrected chi connectivity index (χ1v) is 8.19. The molecule has 2 aromatic carbocycles. The molecule has 0 bridgehead atoms. The Hall–Kier alpha value is -2.95. The van der Waals surface area contributed by atoms with E-state index >= 15 is 0 Å². The minimum atomic E-state index is -0.759. The lowest BCUT2D eigenvalue weighted by molar-refractivity contribution is -0.137. The van der Waals surface area contributed by atoms with Crippen LogP contribution in [0.4, 0.5) is 0 Å². The number of hydrogen-bond acceptors (Lipinski definition) is 4. The molecule has 0 aliphatic heterocycles. The number of ether oxygens (including phenoxy) is 1. The summed E-state index contributed by atoms with van der Waals surface area (Å²) in [7, 11) is 0. The van der Waals surface area contributed by atoms with E-state index in [0.717, 1.165) is 24.2 Å². The fourth-order valence-electron chi connectivity index (χ4n) is 2.33. The summed E-state index contributed by atoms with van der Waals surface area (Å²) in [4.78, 5) is 10.4. The Morgan fingerprint density at radius 2 is 1.52 bits per heavy atom. The van der Waals surface area contributed by atoms with Crippen molar-refractivity contribution in [1.82, 2.24) is 0 Å². The van der Waals surface area contributed by atoms with Gasteiger partial charge in [0.1, 0.15) is 17.2 Å². The highest BCUT2D eigenvalue weighted by Gasteiger charge is 1.99. The van der Waals surface area contributed by atoms with Crippen LogP contribution in [0.3, 0.4) is 0 Å². The Bertz CT molecular complexity index is 699. The predicted octanol–water partition coefficient (Wildman–Crippen LogP) is 4.29. The predicted molar refractivity (Wildman–Crippen MR) is 96.7 cm³/mol. The molecular weight excluding hydrogens is 320 g/mol. The van der Waals surface area contributed by atoms with Crippen LogP contribution in [0.25, 0.3) is 12.2 Å². The molecule has 0 spiro atoms. The van der Waals surface area contributed by atoms with Crippen LogP contribution in [-0.4, -0.2) is 27.9 Å². The third-order valence-electron chi connectivity index (χ3n) is 3.58. The van der Waals surface area contributed by atoms with Crippen molar-refractivity contribution in [3.8, 4) is 17.2 Å². The van der Waals surface area contributed by atoms with Gasteiger partial charge in [0.25, 0.3) is 0 Å². The average Bonchev–Trinajstić information content (AvgIpc) is 2.56. The van der Waals surface area contributed by atoms with E-state index in [4.69, 9.17) is 9.84 Å². The van der Waals surface area contributed by atoms with Crippen LogP contribution in [0.5, 0.6) is 17.2 Å². The van der Waals surface area contributed by atoms with Gasteiger partial charge in [-0.1, -0.05) is 24.3 Å². The van der Waals surface area contributed by atoms with Crippen molar-refractivity contribution in [3.05, 3.63) is 53.6 Å². The Morgan fingerprint density at radius 1 is 0.880 bits per heavy atom. The van der Waals surface area contributed by atoms with Gasteiger partial charge in [0, 0.05) is 12.5 Å². The minimum Gasteiger partial charge on any atom is -0.508 e. The van der Waals surface area contributed by atoms with Gasteiger partial charge in [-0.2, -0.15) is 0 Å². The van der Waals surface area contributed by atoms with E-state index < -0.39 is 5.97 Å². The molecule has 3 N–H and O–H groups in total. The molecule has 0 radical (unpaired) electrons. The number of carbonyl (C=O) groups is 1. The van der Waals surface area contributed by atoms with E-state index in [9.17, 15) is 15.0 Å². The molecule has 5 nitrogen and oxygen atoms in total. The second kappa shape index (κ2) is 9.37. The molecule has 2 rings (SSSR count). The van der Waals surface area contributed by atoms with Crippen LogP contribution in [0.15, 0.2) is 42.5 Å². The van der Waals surface area contributed by atoms with Gasteiger partial charge in [-0.3, -0.25) is 4.79 Å². The van der Waals surface area contributed by atoms with E-state index in [1.807, 2.05) is 30.3 Å². The first kappa shape index (κ1) is 18.4. The first-order valence-electron chi connectivity index (χ1n) is 8.19. The van der Waals surface area contributed by atoms with E-state index in [-0.39, 0.29) is 17.9 Å². The van der Waals surface area contributed by atoms with Gasteiger partial charge in [-0.25, -0.2) is 0 Å². The first-order chi connectivity index (χ1) is 12.0. The number of carboxylic acid groups (broad SMARTS) is 1. The Kier molecular flexibility index (Phi) is 6.89. The molecule has 2 aromatic rings. The normalized spacial score (nSPS) is 10.9. The molecule has 25 heavy (non-hydrogen) atoms. The number of phenolic OH excluding ortho intramolecular Hbond substituents is 2. The third-order valence-corrected chi connectivity index (χ3v) is 3.58. The lowest BCUT2D eigenvalue weighted by Gasteiger charge is -2.06. The highest BCUT2D eigenvalue weighted by Crippen LogP contribution is 2.22. The molecule has 132 valence electrons. The van der Waals surface area contributed by atoms with Gasteiger partial charge >= 0.3 is 5.97 Å². The third kappa shape index (κ3) is 6.99. The van der Waals surface area contributed by atoms with Gasteiger partial charge in [-0.05, 0) is 54.7 Å². The molecule has 0 fully saturated rings. The van der Waals surface area contributed by atoms with Gasteiger partial charge in [-0.15, -0.1) is 0 Å². The summed E-state index contributed by atoms with van der Waals surface area (Å²) in [5.74, 6) is 0.0504. The number of aromatic hydroxyl groups is 2. The Morgan fingerprint density at radius 3 is 2.16 bits per heavy atom. The van der Waals surface area contributed by atoms with Crippen molar-refractivity contribution in [2.24, 2.45) is 0 Å². The maximum atomic E-state index is 10.4. The molecular formula is C20H22O5. The highest BCUT2D eigenvalue weighted by atomic mass is 16.5. The van der Waals surface area contributed by atoms with Crippen LogP contribution in [0.2, 0.25) is 0 Å². The van der Waals surface area contributed by atoms with Crippen LogP contribution in [0, 0.1) is 0 Å². The second-order valence-electron chi connectivity index (χ2n) is 5.74. The fraction of sp³-hybridized carbons (Fsp3) is 0.250. The molecule has 5 heteroatoms. The molecule has 0 saturated carbocycles. The summed E-state index contributed by atoms with van der Waals surface area (Å²) in [5.41, 5.74) is 1.68. The van der Waals surface area contributed by atoms with Gasteiger partial charge in [0.05, 0.1) is 6.61 Å². The quantitative estimate of drug-likeness (QED) is 0.467. The molecule has 0 aliphatic rings. The summed E-state index contributed by atoms with van der Waals surface area (Å²) in [6.45, 7) is 0.567. The fourth-order valence-corrected chi connectivity index (χ4v) is 2.33. The van der Waals surface area contributed by atoms with E-state index in [0.29, 0.717) is 18.6 Å². The summed E-state index contributed by atoms with van der Waals surface area (Å²) in [6, 6.07) is 12.0. The molecule has 0 unspecified atom stereocenters. The number of rotatable bonds is 9. The molecule has 0 saturated heterocycles. The van der Waals surface area contributed by atoms with Gasteiger partial charge < -0.3 is 20.1 Å². The lowest BCUT2D eigenvalue weighted by Crippen LogP contribution is -1.99. The zero-order valence-corrected chi connectivity index (χ0v) is 13.9. The zero-order valence-electron chi connectivity index (χ0n) is 13.9. The maximum absolute atomic E-state index is 10.4. The second-order valence-corrected chi connectivity index (χ2v) is 5.74. The molecule has 0 amide bonds. The van der Waals surface area contributed by atoms with Crippen LogP contribution in [0.1, 0.15) is 36.8 Å². The van der Waals surface area contributed by atoms with Crippen LogP contribution >= 0.6 is 0 Å². The number of benzene rings is 2. The lowest BCUT2D eigenvalue weighted by atomic mass is 10.1. The van der Waals surface area contributed by atoms with E-state index in [1.54, 1.807) is 18.2 Å². The molecule has 0 heterocycles. The average molecular weight is 342 g/mol. The summed E-state index contributed by atoms with van der Waals surface area (Å²) >= 11 is 0. The number of aliphatic carboxylic acids is 1. The number of carboxylic acids is 1. The SMILES string of the molecule is O=C(O)CCCCCOc1ccc(/C=C/c2cc(O)cc(O)c2)cc1. The Balaban J connectivity index is 1.79. The van der Waals surface area contributed by atoms with Crippen molar-refractivity contribution in [2.75, 3.05) is 6.61 Å². The van der Waals surface area contributed by atoms with Crippen molar-refractivity contribution >= 4 is 18.1 Å². The monoisotopic (exact) mass is 342 g/mol. The zero-order chi connectivity index (χ0) is 18.1. The number of unbranched alkanes of at least 4 members (excludes halogenated alkanes) is 2. The smallest absolute Gasteiger partial charge is 0.303 e. The van der Waals surface area contributed by atoms with Crippen molar-refractivity contribution in [1.29, 1.82) is 0 Å². The Labute approximate surface area is 146 Å². The number of hydrogen-bond donors (Lipinski definition) is 3. The summed E-state index contributed by atoms with van der Waals surface area (Å²) in [5, 5.41) is 27.5. The van der Waals surface area contributed by atoms with Crippen LogP contribution in [-0.2, 0) is 4.79 Å². The molecule has 0 aliphatic carbocycles. The van der Waals surface area contributed by atoms with Crippen molar-refractivity contribution in [3.63, 3.8) is 0 Å². The molecule has 0 aromatic heterocycles. The van der Waals surface area contributed by atoms with Crippen LogP contribution < -0.4 is 4.74 Å². The maximum Gasteiger partial charge on any atom is 0.303 e. The summed E-state index contributed by atoms with van der Waals surface area (Å²) < 4.78 is 5.62. The number of phenols is 2. The van der Waals surface area contributed by atoms with Gasteiger partial charge in [0.15, 0.2) is 0 Å². The van der Waals surface area contributed by atoms with E-state index in [2.05, 4.69) is 0 Å². The molecule has 0 atom stereocenters. The van der Waals surface area contributed by atoms with Crippen molar-refractivity contribution in [2.45, 2.75) is 25.7 Å². The largest absolute Gasteiger partial charge is 0.508 e. The standard InChI is InChI=1S/C20H22O5/c21-17-12-16(13-18(22)14-17)6-5-15-7-9-19(10-8-15)25-11-3-1-2-4-20(23)24/h5-10,12-14,21-22H,1-4,11H2,(H,23,24)/b6-5+. The summed E-state index contributed by atoms with van der Waals surface area (Å²) in [6.07, 6.45) is 6.23. The minimum absolute atomic E-state index is 0.0201. The van der Waals surface area contributed by atoms with E-state index in [1.165, 1.54) is 6.07 Å².